The van der Waals surface area contributed by atoms with E-state index >= 15 is 0 Å². The molecule has 0 bridgehead atoms. The maximum atomic E-state index is 10.8. The molecule has 0 saturated carbocycles. The zero-order valence-electron chi connectivity index (χ0n) is 9.68. The van der Waals surface area contributed by atoms with Crippen LogP contribution in [0.25, 0.3) is 0 Å². The van der Waals surface area contributed by atoms with Crippen LogP contribution < -0.4 is 5.32 Å². The van der Waals surface area contributed by atoms with Crippen molar-refractivity contribution in [2.75, 3.05) is 26.7 Å². The van der Waals surface area contributed by atoms with Gasteiger partial charge in [0.15, 0.2) is 0 Å². The highest BCUT2D eigenvalue weighted by Crippen LogP contribution is 1.89. The number of hydrogen-bond acceptors (Lipinski definition) is 2. The van der Waals surface area contributed by atoms with Crippen LogP contribution >= 0.6 is 0 Å². The van der Waals surface area contributed by atoms with E-state index in [9.17, 15) is 4.79 Å². The van der Waals surface area contributed by atoms with Gasteiger partial charge in [-0.1, -0.05) is 27.7 Å². The van der Waals surface area contributed by atoms with E-state index in [-0.39, 0.29) is 5.91 Å². The van der Waals surface area contributed by atoms with Crippen molar-refractivity contribution in [3.05, 3.63) is 0 Å². The van der Waals surface area contributed by atoms with E-state index in [1.165, 1.54) is 0 Å². The number of rotatable bonds is 5. The first-order valence-electron chi connectivity index (χ1n) is 5.17. The molecule has 0 aliphatic carbocycles. The first-order chi connectivity index (χ1) is 6.24. The topological polar surface area (TPSA) is 32.3 Å². The van der Waals surface area contributed by atoms with E-state index in [1.807, 2.05) is 13.8 Å². The van der Waals surface area contributed by atoms with Gasteiger partial charge in [0.05, 0.1) is 0 Å². The summed E-state index contributed by atoms with van der Waals surface area (Å²) in [5.74, 6) is 0.122. The van der Waals surface area contributed by atoms with E-state index in [2.05, 4.69) is 24.1 Å². The lowest BCUT2D eigenvalue weighted by Gasteiger charge is -2.16. The minimum absolute atomic E-state index is 0.122. The summed E-state index contributed by atoms with van der Waals surface area (Å²) in [7, 11) is 1.67. The average Bonchev–Trinajstić information content (AvgIpc) is 2.22. The summed E-state index contributed by atoms with van der Waals surface area (Å²) < 4.78 is 0. The second kappa shape index (κ2) is 11.4. The average molecular weight is 188 g/mol. The Kier molecular flexibility index (Phi) is 13.1. The summed E-state index contributed by atoms with van der Waals surface area (Å²) >= 11 is 0. The smallest absolute Gasteiger partial charge is 0.221 e. The fourth-order valence-corrected chi connectivity index (χ4v) is 0.924. The molecular formula is C10H24N2O. The van der Waals surface area contributed by atoms with Gasteiger partial charge < -0.3 is 10.2 Å². The highest BCUT2D eigenvalue weighted by Gasteiger charge is 2.01. The first-order valence-corrected chi connectivity index (χ1v) is 5.17. The largest absolute Gasteiger partial charge is 0.359 e. The summed E-state index contributed by atoms with van der Waals surface area (Å²) in [5.41, 5.74) is 0. The maximum Gasteiger partial charge on any atom is 0.221 e. The van der Waals surface area contributed by atoms with Crippen LogP contribution in [0, 0.1) is 0 Å². The number of nitrogens with one attached hydrogen (secondary N) is 1. The van der Waals surface area contributed by atoms with Crippen molar-refractivity contribution in [1.29, 1.82) is 0 Å². The predicted octanol–water partition coefficient (Wildman–Crippen LogP) is 1.49. The molecule has 0 unspecified atom stereocenters. The normalized spacial score (nSPS) is 9.08. The van der Waals surface area contributed by atoms with Gasteiger partial charge in [0.2, 0.25) is 5.91 Å². The molecule has 3 nitrogen and oxygen atoms in total. The molecule has 13 heavy (non-hydrogen) atoms. The van der Waals surface area contributed by atoms with Crippen LogP contribution in [-0.2, 0) is 4.79 Å². The van der Waals surface area contributed by atoms with Crippen molar-refractivity contribution in [3.63, 3.8) is 0 Å². The number of carbonyl (C=O) groups excluding carboxylic acids is 1. The van der Waals surface area contributed by atoms with Crippen molar-refractivity contribution >= 4 is 5.91 Å². The Morgan fingerprint density at radius 1 is 1.23 bits per heavy atom. The third-order valence-electron chi connectivity index (χ3n) is 1.83. The van der Waals surface area contributed by atoms with E-state index in [0.29, 0.717) is 6.42 Å². The summed E-state index contributed by atoms with van der Waals surface area (Å²) in [5, 5.41) is 2.60. The van der Waals surface area contributed by atoms with E-state index in [1.54, 1.807) is 7.05 Å². The fraction of sp³-hybridized carbons (Fsp3) is 0.900. The molecule has 0 aliphatic heterocycles. The lowest BCUT2D eigenvalue weighted by Crippen LogP contribution is -2.29. The predicted molar refractivity (Wildman–Crippen MR) is 57.8 cm³/mol. The van der Waals surface area contributed by atoms with Crippen molar-refractivity contribution < 1.29 is 4.79 Å². The summed E-state index contributed by atoms with van der Waals surface area (Å²) in [6.07, 6.45) is 0.609. The van der Waals surface area contributed by atoms with Crippen LogP contribution in [0.3, 0.4) is 0 Å². The van der Waals surface area contributed by atoms with E-state index in [0.717, 1.165) is 19.6 Å². The maximum absolute atomic E-state index is 10.8. The summed E-state index contributed by atoms with van der Waals surface area (Å²) in [4.78, 5) is 13.0. The van der Waals surface area contributed by atoms with Crippen molar-refractivity contribution in [2.45, 2.75) is 34.1 Å². The molecule has 0 aromatic rings. The standard InChI is InChI=1S/C8H18N2O.C2H6/c1-4-10(5-2)7-6-8(11)9-3;1-2/h4-7H2,1-3H3,(H,9,11);1-2H3. The third kappa shape index (κ3) is 9.34. The Morgan fingerprint density at radius 2 is 1.69 bits per heavy atom. The van der Waals surface area contributed by atoms with Gasteiger partial charge in [0.1, 0.15) is 0 Å². The van der Waals surface area contributed by atoms with Gasteiger partial charge in [-0.2, -0.15) is 0 Å². The van der Waals surface area contributed by atoms with Gasteiger partial charge in [-0.05, 0) is 13.1 Å². The van der Waals surface area contributed by atoms with Crippen LogP contribution in [0.4, 0.5) is 0 Å². The molecule has 0 spiro atoms. The van der Waals surface area contributed by atoms with E-state index < -0.39 is 0 Å². The second-order valence-electron chi connectivity index (χ2n) is 2.45. The molecule has 0 aliphatic rings. The molecule has 0 rings (SSSR count). The van der Waals surface area contributed by atoms with Crippen LogP contribution in [0.15, 0.2) is 0 Å². The number of hydrogen-bond donors (Lipinski definition) is 1. The molecule has 0 fully saturated rings. The van der Waals surface area contributed by atoms with Gasteiger partial charge in [-0.3, -0.25) is 4.79 Å². The Labute approximate surface area is 82.5 Å². The number of nitrogens with zero attached hydrogens (tertiary/aromatic N) is 1. The zero-order chi connectivity index (χ0) is 10.7. The molecule has 3 heteroatoms. The minimum atomic E-state index is 0.122. The molecule has 0 aromatic carbocycles. The van der Waals surface area contributed by atoms with Crippen LogP contribution in [0.5, 0.6) is 0 Å². The van der Waals surface area contributed by atoms with Crippen molar-refractivity contribution in [1.82, 2.24) is 10.2 Å². The van der Waals surface area contributed by atoms with Crippen LogP contribution in [-0.4, -0.2) is 37.5 Å². The Hall–Kier alpha value is -0.570. The first kappa shape index (κ1) is 14.9. The van der Waals surface area contributed by atoms with Crippen molar-refractivity contribution in [3.8, 4) is 0 Å². The molecule has 1 amide bonds. The highest BCUT2D eigenvalue weighted by molar-refractivity contribution is 5.75. The Balaban J connectivity index is 0. The van der Waals surface area contributed by atoms with Gasteiger partial charge in [0, 0.05) is 20.0 Å². The van der Waals surface area contributed by atoms with Gasteiger partial charge in [-0.15, -0.1) is 0 Å². The number of carbonyl (C=O) groups is 1. The molecule has 1 N–H and O–H groups in total. The SMILES string of the molecule is CC.CCN(CC)CCC(=O)NC. The molecule has 0 atom stereocenters. The quantitative estimate of drug-likeness (QED) is 0.709. The lowest BCUT2D eigenvalue weighted by molar-refractivity contribution is -0.120. The van der Waals surface area contributed by atoms with Crippen molar-refractivity contribution in [2.24, 2.45) is 0 Å². The fourth-order valence-electron chi connectivity index (χ4n) is 0.924. The Morgan fingerprint density at radius 3 is 2.00 bits per heavy atom. The molecule has 0 heterocycles. The highest BCUT2D eigenvalue weighted by atomic mass is 16.1. The Bertz CT molecular complexity index is 111. The molecule has 80 valence electrons. The van der Waals surface area contributed by atoms with E-state index in [4.69, 9.17) is 0 Å². The number of amides is 1. The summed E-state index contributed by atoms with van der Waals surface area (Å²) in [6, 6.07) is 0. The molecule has 0 saturated heterocycles. The molecular weight excluding hydrogens is 164 g/mol. The third-order valence-corrected chi connectivity index (χ3v) is 1.83. The lowest BCUT2D eigenvalue weighted by atomic mass is 10.3. The monoisotopic (exact) mass is 188 g/mol. The summed E-state index contributed by atoms with van der Waals surface area (Å²) in [6.45, 7) is 11.1. The van der Waals surface area contributed by atoms with Gasteiger partial charge in [0.25, 0.3) is 0 Å². The second-order valence-corrected chi connectivity index (χ2v) is 2.45. The van der Waals surface area contributed by atoms with Gasteiger partial charge in [-0.25, -0.2) is 0 Å². The minimum Gasteiger partial charge on any atom is -0.359 e. The molecule has 0 aromatic heterocycles. The molecule has 0 radical (unpaired) electrons. The van der Waals surface area contributed by atoms with Gasteiger partial charge >= 0.3 is 0 Å². The van der Waals surface area contributed by atoms with Crippen LogP contribution in [0.1, 0.15) is 34.1 Å². The van der Waals surface area contributed by atoms with Crippen LogP contribution in [0.2, 0.25) is 0 Å². The zero-order valence-corrected chi connectivity index (χ0v) is 9.68.